The minimum absolute atomic E-state index is 0. The van der Waals surface area contributed by atoms with Gasteiger partial charge in [-0.2, -0.15) is 5.10 Å². The molecule has 2 amide bonds. The number of hydrogen-bond donors (Lipinski definition) is 2. The van der Waals surface area contributed by atoms with Crippen molar-refractivity contribution in [1.82, 2.24) is 20.1 Å². The third kappa shape index (κ3) is 22.2. The molecule has 0 bridgehead atoms. The Bertz CT molecular complexity index is 4090. The Hall–Kier alpha value is -9.75. The number of amides is 2. The van der Waals surface area contributed by atoms with Crippen LogP contribution in [0.1, 0.15) is 52.1 Å². The van der Waals surface area contributed by atoms with Gasteiger partial charge in [0.1, 0.15) is 11.6 Å². The van der Waals surface area contributed by atoms with Crippen LogP contribution in [0.4, 0.5) is 10.2 Å². The fraction of sp³-hybridized carbons (Fsp3) is 0.128. The van der Waals surface area contributed by atoms with Gasteiger partial charge in [-0.3, -0.25) is 14.3 Å². The van der Waals surface area contributed by atoms with Crippen molar-refractivity contribution in [3.63, 3.8) is 0 Å². The van der Waals surface area contributed by atoms with Crippen LogP contribution in [0, 0.1) is 17.2 Å². The number of fused-ring (bicyclic) bond motifs is 1. The summed E-state index contributed by atoms with van der Waals surface area (Å²) in [5, 5.41) is 26.9. The number of nitrogens with one attached hydrogen (secondary N) is 2. The minimum Gasteiger partial charge on any atom is -0.354 e. The summed E-state index contributed by atoms with van der Waals surface area (Å²) in [6, 6.07) is 131. The minimum atomic E-state index is -0.446. The third-order valence-corrected chi connectivity index (χ3v) is 28.0. The van der Waals surface area contributed by atoms with E-state index in [-0.39, 0.29) is 49.6 Å². The summed E-state index contributed by atoms with van der Waals surface area (Å²) in [6.45, 7) is 6.62. The fourth-order valence-corrected chi connectivity index (χ4v) is 22.6. The molecule has 1 aliphatic carbocycles. The normalized spacial score (nSPS) is 13.8. The van der Waals surface area contributed by atoms with E-state index in [0.29, 0.717) is 17.8 Å². The Balaban J connectivity index is 0.000000135. The first-order chi connectivity index (χ1) is 52.0. The molecule has 2 N–H and O–H groups in total. The number of hydrogen-bond acceptors (Lipinski definition) is 4. The first-order valence-corrected chi connectivity index (χ1v) is 41.5. The molecule has 2 aromatic heterocycles. The molecule has 0 radical (unpaired) electrons. The molecule has 2 aliphatic rings. The van der Waals surface area contributed by atoms with Crippen molar-refractivity contribution in [3.8, 4) is 11.1 Å². The van der Waals surface area contributed by atoms with Crippen LogP contribution in [0.25, 0.3) is 11.1 Å². The van der Waals surface area contributed by atoms with Gasteiger partial charge < -0.3 is 10.6 Å². The molecule has 13 heteroatoms. The zero-order valence-corrected chi connectivity index (χ0v) is 65.5. The predicted octanol–water partition coefficient (Wildman–Crippen LogP) is 17.1. The Morgan fingerprint density at radius 3 is 0.935 bits per heavy atom. The maximum atomic E-state index is 14.6. The standard InChI is InChI=1S/C22H28FN5O2.4C18H15P.Pd/c1-13(29)26-15-6-4-5-14(7-15)21(30)27-20-8-16(18(23)11-24-20)17-10-25-28-12-22(2,3)9-19(17)28;4*1-4-10-16(11-5-1)19(17-12-6-2-7-13-17)18-14-8-3-9-15-18;/h8,10-11,14-15H,4-7,9,12H2,1-3H3,(H,26,29)(H,24,27,30);4*1-15H;. The zero-order valence-electron chi connectivity index (χ0n) is 60.4. The molecule has 7 nitrogen and oxygen atoms in total. The average Bonchev–Trinajstić information content (AvgIpc) is 1.62. The molecule has 0 saturated heterocycles. The molecule has 107 heavy (non-hydrogen) atoms. The molecule has 12 aromatic carbocycles. The topological polar surface area (TPSA) is 88.9 Å². The van der Waals surface area contributed by atoms with Crippen LogP contribution in [0.15, 0.2) is 382 Å². The molecule has 2 atom stereocenters. The monoisotopic (exact) mass is 1570 g/mol. The van der Waals surface area contributed by atoms with E-state index in [2.05, 4.69) is 399 Å². The number of carbonyl (C=O) groups excluding carboxylic acids is 2. The van der Waals surface area contributed by atoms with Crippen LogP contribution < -0.4 is 74.3 Å². The van der Waals surface area contributed by atoms with Crippen LogP contribution in [-0.2, 0) is 43.0 Å². The van der Waals surface area contributed by atoms with Crippen molar-refractivity contribution in [2.45, 2.75) is 65.5 Å². The molecule has 538 valence electrons. The van der Waals surface area contributed by atoms with E-state index in [1.165, 1.54) is 70.6 Å². The molecule has 1 aliphatic heterocycles. The summed E-state index contributed by atoms with van der Waals surface area (Å²) in [7, 11) is -1.78. The summed E-state index contributed by atoms with van der Waals surface area (Å²) in [5.41, 5.74) is 2.25. The molecular weight excluding hydrogens is 1480 g/mol. The van der Waals surface area contributed by atoms with Gasteiger partial charge in [0.05, 0.1) is 12.4 Å². The van der Waals surface area contributed by atoms with Gasteiger partial charge in [0.25, 0.3) is 0 Å². The van der Waals surface area contributed by atoms with Crippen LogP contribution in [-0.4, -0.2) is 32.6 Å². The van der Waals surface area contributed by atoms with Crippen molar-refractivity contribution in [2.75, 3.05) is 5.32 Å². The molecule has 1 saturated carbocycles. The second-order valence-corrected chi connectivity index (χ2v) is 35.6. The van der Waals surface area contributed by atoms with Crippen molar-refractivity contribution < 1.29 is 34.4 Å². The smallest absolute Gasteiger partial charge is 0.228 e. The number of anilines is 1. The van der Waals surface area contributed by atoms with Crippen LogP contribution in [0.2, 0.25) is 0 Å². The summed E-state index contributed by atoms with van der Waals surface area (Å²) in [5.74, 6) is -0.529. The fourth-order valence-electron chi connectivity index (χ4n) is 13.4. The zero-order chi connectivity index (χ0) is 73.1. The first-order valence-electron chi connectivity index (χ1n) is 36.1. The van der Waals surface area contributed by atoms with E-state index in [4.69, 9.17) is 0 Å². The van der Waals surface area contributed by atoms with Crippen molar-refractivity contribution in [2.24, 2.45) is 11.3 Å². The van der Waals surface area contributed by atoms with Gasteiger partial charge in [0.2, 0.25) is 11.8 Å². The Morgan fingerprint density at radius 2 is 0.673 bits per heavy atom. The van der Waals surface area contributed by atoms with Gasteiger partial charge >= 0.3 is 0 Å². The Labute approximate surface area is 649 Å². The number of carbonyl (C=O) groups is 2. The van der Waals surface area contributed by atoms with Gasteiger partial charge in [-0.15, -0.1) is 0 Å². The van der Waals surface area contributed by atoms with E-state index in [1.807, 2.05) is 4.68 Å². The number of aromatic nitrogens is 3. The number of benzene rings is 12. The average molecular weight is 1570 g/mol. The second kappa shape index (κ2) is 40.3. The van der Waals surface area contributed by atoms with Gasteiger partial charge in [0.15, 0.2) is 0 Å². The molecule has 1 fully saturated rings. The van der Waals surface area contributed by atoms with Crippen molar-refractivity contribution in [3.05, 3.63) is 394 Å². The summed E-state index contributed by atoms with van der Waals surface area (Å²) in [4.78, 5) is 28.2. The van der Waals surface area contributed by atoms with Crippen LogP contribution in [0.3, 0.4) is 0 Å². The number of nitrogens with zero attached hydrogens (tertiary/aromatic N) is 3. The van der Waals surface area contributed by atoms with E-state index >= 15 is 0 Å². The maximum Gasteiger partial charge on any atom is 0.228 e. The largest absolute Gasteiger partial charge is 0.354 e. The predicted molar refractivity (Wildman–Crippen MR) is 452 cm³/mol. The number of rotatable bonds is 16. The number of halogens is 1. The Morgan fingerprint density at radius 1 is 0.402 bits per heavy atom. The van der Waals surface area contributed by atoms with Crippen LogP contribution in [0.5, 0.6) is 0 Å². The van der Waals surface area contributed by atoms with Gasteiger partial charge in [-0.25, -0.2) is 9.37 Å². The summed E-state index contributed by atoms with van der Waals surface area (Å²) in [6.07, 6.45) is 6.78. The molecule has 3 heterocycles. The third-order valence-electron chi connectivity index (χ3n) is 18.2. The van der Waals surface area contributed by atoms with Gasteiger partial charge in [-0.1, -0.05) is 384 Å². The van der Waals surface area contributed by atoms with Gasteiger partial charge in [0, 0.05) is 62.7 Å². The molecule has 0 spiro atoms. The van der Waals surface area contributed by atoms with Crippen LogP contribution >= 0.6 is 31.7 Å². The summed E-state index contributed by atoms with van der Waals surface area (Å²) < 4.78 is 16.5. The molecule has 2 unspecified atom stereocenters. The molecule has 16 rings (SSSR count). The van der Waals surface area contributed by atoms with Crippen molar-refractivity contribution >= 4 is 113 Å². The van der Waals surface area contributed by atoms with E-state index in [0.717, 1.165) is 49.7 Å². The summed E-state index contributed by atoms with van der Waals surface area (Å²) >= 11 is 0. The van der Waals surface area contributed by atoms with E-state index < -0.39 is 37.5 Å². The Kier molecular flexibility index (Phi) is 29.5. The van der Waals surface area contributed by atoms with E-state index in [9.17, 15) is 14.0 Å². The van der Waals surface area contributed by atoms with Gasteiger partial charge in [-0.05, 0) is 133 Å². The van der Waals surface area contributed by atoms with E-state index in [1.54, 1.807) is 12.3 Å². The quantitative estimate of drug-likeness (QED) is 0.0745. The molecule has 14 aromatic rings. The van der Waals surface area contributed by atoms with Crippen molar-refractivity contribution in [1.29, 1.82) is 0 Å². The second-order valence-electron chi connectivity index (χ2n) is 26.7. The SMILES string of the molecule is CC(=O)NC1CCCC(C(=O)Nc2cc(-c3cnn4c3CC(C)(C)C4)c(F)cn2)C1.[Pd].c1ccc(P(c2ccccc2)c2ccccc2)cc1.c1ccc(P(c2ccccc2)c2ccccc2)cc1.c1ccc(P(c2ccccc2)c2ccccc2)cc1.c1ccc(P(c2ccccc2)c2ccccc2)cc1. The molecular formula is C94H88FN5O2P4Pd. The maximum absolute atomic E-state index is 14.6. The number of pyridine rings is 1. The first kappa shape index (κ1) is 78.3.